The number of rotatable bonds is 4. The largest absolute Gasteiger partial charge is 0.357 e. The van der Waals surface area contributed by atoms with Crippen LogP contribution >= 0.6 is 0 Å². The third-order valence-corrected chi connectivity index (χ3v) is 1.87. The van der Waals surface area contributed by atoms with Crippen LogP contribution in [-0.4, -0.2) is 29.0 Å². The molecular formula is C8H13FN6O. The highest BCUT2D eigenvalue weighted by Crippen LogP contribution is 2.12. The average Bonchev–Trinajstić information content (AvgIpc) is 2.30. The molecule has 0 aliphatic heterocycles. The van der Waals surface area contributed by atoms with Crippen molar-refractivity contribution in [1.29, 1.82) is 0 Å². The van der Waals surface area contributed by atoms with Gasteiger partial charge in [0.1, 0.15) is 6.04 Å². The Hall–Kier alpha value is -1.96. The standard InChI is InChI=1S/C8H13FN6O/c1-4(7(16)11-2)13-6-5(9)3-12-8(14-6)15-10/h3-4H,10H2,1-2H3,(H,11,16)(H2,12,13,14,15). The predicted molar refractivity (Wildman–Crippen MR) is 57.0 cm³/mol. The number of nitrogen functional groups attached to an aromatic ring is 1. The monoisotopic (exact) mass is 228 g/mol. The molecule has 0 aromatic carbocycles. The van der Waals surface area contributed by atoms with Crippen LogP contribution in [0.15, 0.2) is 6.20 Å². The first kappa shape index (κ1) is 12.1. The van der Waals surface area contributed by atoms with E-state index in [1.165, 1.54) is 7.05 Å². The first-order chi connectivity index (χ1) is 7.58. The normalized spacial score (nSPS) is 11.8. The van der Waals surface area contributed by atoms with Crippen LogP contribution in [0.25, 0.3) is 0 Å². The molecule has 16 heavy (non-hydrogen) atoms. The maximum Gasteiger partial charge on any atom is 0.241 e. The SMILES string of the molecule is CNC(=O)C(C)Nc1nc(NN)ncc1F. The minimum atomic E-state index is -0.658. The highest BCUT2D eigenvalue weighted by atomic mass is 19.1. The molecule has 0 saturated carbocycles. The number of hydrazine groups is 1. The maximum atomic E-state index is 13.2. The molecule has 0 radical (unpaired) electrons. The van der Waals surface area contributed by atoms with E-state index in [0.717, 1.165) is 6.20 Å². The van der Waals surface area contributed by atoms with Crippen molar-refractivity contribution in [2.45, 2.75) is 13.0 Å². The lowest BCUT2D eigenvalue weighted by Gasteiger charge is -2.13. The molecule has 0 spiro atoms. The molecule has 0 aliphatic rings. The summed E-state index contributed by atoms with van der Waals surface area (Å²) in [6.45, 7) is 1.58. The van der Waals surface area contributed by atoms with Crippen molar-refractivity contribution in [2.75, 3.05) is 17.8 Å². The smallest absolute Gasteiger partial charge is 0.241 e. The molecule has 1 unspecified atom stereocenters. The van der Waals surface area contributed by atoms with Crippen molar-refractivity contribution in [1.82, 2.24) is 15.3 Å². The first-order valence-corrected chi connectivity index (χ1v) is 4.55. The molecule has 0 aliphatic carbocycles. The number of carbonyl (C=O) groups excluding carboxylic acids is 1. The van der Waals surface area contributed by atoms with Crippen molar-refractivity contribution in [3.05, 3.63) is 12.0 Å². The highest BCUT2D eigenvalue weighted by molar-refractivity contribution is 5.83. The Labute approximate surface area is 91.6 Å². The van der Waals surface area contributed by atoms with Gasteiger partial charge >= 0.3 is 0 Å². The van der Waals surface area contributed by atoms with E-state index in [4.69, 9.17) is 5.84 Å². The van der Waals surface area contributed by atoms with Gasteiger partial charge in [-0.3, -0.25) is 10.2 Å². The van der Waals surface area contributed by atoms with E-state index < -0.39 is 11.9 Å². The summed E-state index contributed by atoms with van der Waals surface area (Å²) in [5.41, 5.74) is 2.18. The number of nitrogens with two attached hydrogens (primary N) is 1. The van der Waals surface area contributed by atoms with E-state index in [1.807, 2.05) is 0 Å². The van der Waals surface area contributed by atoms with Crippen LogP contribution in [0.2, 0.25) is 0 Å². The predicted octanol–water partition coefficient (Wildman–Crippen LogP) is -0.552. The number of likely N-dealkylation sites (N-methyl/N-ethyl adjacent to an activating group) is 1. The molecule has 1 aromatic rings. The molecule has 0 saturated heterocycles. The number of halogens is 1. The van der Waals surface area contributed by atoms with Gasteiger partial charge in [-0.2, -0.15) is 4.98 Å². The van der Waals surface area contributed by atoms with Crippen molar-refractivity contribution in [3.63, 3.8) is 0 Å². The third-order valence-electron chi connectivity index (χ3n) is 1.87. The van der Waals surface area contributed by atoms with Crippen molar-refractivity contribution < 1.29 is 9.18 Å². The lowest BCUT2D eigenvalue weighted by atomic mass is 10.3. The van der Waals surface area contributed by atoms with Crippen LogP contribution in [0.5, 0.6) is 0 Å². The minimum absolute atomic E-state index is 0.0630. The number of nitrogens with zero attached hydrogens (tertiary/aromatic N) is 2. The lowest BCUT2D eigenvalue weighted by Crippen LogP contribution is -2.35. The zero-order chi connectivity index (χ0) is 12.1. The van der Waals surface area contributed by atoms with Gasteiger partial charge in [0.25, 0.3) is 0 Å². The van der Waals surface area contributed by atoms with E-state index in [2.05, 4.69) is 26.0 Å². The second kappa shape index (κ2) is 5.21. The molecule has 1 rings (SSSR count). The quantitative estimate of drug-likeness (QED) is 0.407. The van der Waals surface area contributed by atoms with Gasteiger partial charge in [0, 0.05) is 7.05 Å². The summed E-state index contributed by atoms with van der Waals surface area (Å²) in [6, 6.07) is -0.611. The molecule has 7 nitrogen and oxygen atoms in total. The molecule has 1 heterocycles. The molecule has 8 heteroatoms. The van der Waals surface area contributed by atoms with Crippen LogP contribution in [0, 0.1) is 5.82 Å². The second-order valence-electron chi connectivity index (χ2n) is 3.01. The Morgan fingerprint density at radius 1 is 1.62 bits per heavy atom. The van der Waals surface area contributed by atoms with Crippen molar-refractivity contribution in [3.8, 4) is 0 Å². The number of aromatic nitrogens is 2. The Morgan fingerprint density at radius 2 is 2.31 bits per heavy atom. The van der Waals surface area contributed by atoms with E-state index in [-0.39, 0.29) is 17.7 Å². The molecule has 5 N–H and O–H groups in total. The van der Waals surface area contributed by atoms with Crippen LogP contribution in [0.1, 0.15) is 6.92 Å². The highest BCUT2D eigenvalue weighted by Gasteiger charge is 2.14. The Morgan fingerprint density at radius 3 is 2.88 bits per heavy atom. The third kappa shape index (κ3) is 2.76. The molecule has 1 aromatic heterocycles. The Bertz CT molecular complexity index is 385. The summed E-state index contributed by atoms with van der Waals surface area (Å²) >= 11 is 0. The number of carbonyl (C=O) groups is 1. The Kier molecular flexibility index (Phi) is 3.95. The molecule has 0 bridgehead atoms. The van der Waals surface area contributed by atoms with Crippen LogP contribution in [0.3, 0.4) is 0 Å². The van der Waals surface area contributed by atoms with Gasteiger partial charge in [0.05, 0.1) is 6.20 Å². The van der Waals surface area contributed by atoms with Crippen LogP contribution < -0.4 is 21.9 Å². The lowest BCUT2D eigenvalue weighted by molar-refractivity contribution is -0.121. The van der Waals surface area contributed by atoms with Crippen molar-refractivity contribution >= 4 is 17.7 Å². The number of nitrogens with one attached hydrogen (secondary N) is 3. The molecule has 0 fully saturated rings. The van der Waals surface area contributed by atoms with Crippen LogP contribution in [-0.2, 0) is 4.79 Å². The molecule has 1 amide bonds. The van der Waals surface area contributed by atoms with E-state index in [9.17, 15) is 9.18 Å². The maximum absolute atomic E-state index is 13.2. The molecular weight excluding hydrogens is 215 g/mol. The number of hydrogen-bond acceptors (Lipinski definition) is 6. The van der Waals surface area contributed by atoms with E-state index in [1.54, 1.807) is 6.92 Å². The van der Waals surface area contributed by atoms with Gasteiger partial charge in [0.15, 0.2) is 11.6 Å². The summed E-state index contributed by atoms with van der Waals surface area (Å²) in [5, 5.41) is 5.03. The summed E-state index contributed by atoms with van der Waals surface area (Å²) in [4.78, 5) is 18.5. The van der Waals surface area contributed by atoms with Gasteiger partial charge in [-0.15, -0.1) is 0 Å². The van der Waals surface area contributed by atoms with Gasteiger partial charge in [-0.1, -0.05) is 0 Å². The fourth-order valence-corrected chi connectivity index (χ4v) is 1.03. The summed E-state index contributed by atoms with van der Waals surface area (Å²) in [7, 11) is 1.49. The fraction of sp³-hybridized carbons (Fsp3) is 0.375. The van der Waals surface area contributed by atoms with Gasteiger partial charge < -0.3 is 10.6 Å². The van der Waals surface area contributed by atoms with Gasteiger partial charge in [-0.05, 0) is 6.92 Å². The number of amides is 1. The van der Waals surface area contributed by atoms with Crippen LogP contribution in [0.4, 0.5) is 16.2 Å². The fourth-order valence-electron chi connectivity index (χ4n) is 1.03. The van der Waals surface area contributed by atoms with E-state index in [0.29, 0.717) is 0 Å². The molecule has 88 valence electrons. The van der Waals surface area contributed by atoms with E-state index >= 15 is 0 Å². The first-order valence-electron chi connectivity index (χ1n) is 4.55. The summed E-state index contributed by atoms with van der Waals surface area (Å²) < 4.78 is 13.2. The average molecular weight is 228 g/mol. The summed E-state index contributed by atoms with van der Waals surface area (Å²) in [5.74, 6) is 4.12. The minimum Gasteiger partial charge on any atom is -0.357 e. The van der Waals surface area contributed by atoms with Crippen molar-refractivity contribution in [2.24, 2.45) is 5.84 Å². The zero-order valence-corrected chi connectivity index (χ0v) is 8.91. The topological polar surface area (TPSA) is 105 Å². The second-order valence-corrected chi connectivity index (χ2v) is 3.01. The van der Waals surface area contributed by atoms with Gasteiger partial charge in [0.2, 0.25) is 11.9 Å². The molecule has 1 atom stereocenters. The number of anilines is 2. The number of hydrogen-bond donors (Lipinski definition) is 4. The summed E-state index contributed by atoms with van der Waals surface area (Å²) in [6.07, 6.45) is 0.959. The Balaban J connectivity index is 2.83. The zero-order valence-electron chi connectivity index (χ0n) is 8.91. The van der Waals surface area contributed by atoms with Gasteiger partial charge in [-0.25, -0.2) is 15.2 Å².